The van der Waals surface area contributed by atoms with E-state index in [1.54, 1.807) is 0 Å². The first-order valence-corrected chi connectivity index (χ1v) is 5.66. The van der Waals surface area contributed by atoms with Gasteiger partial charge in [0.05, 0.1) is 6.61 Å². The third-order valence-electron chi connectivity index (χ3n) is 2.93. The van der Waals surface area contributed by atoms with E-state index in [4.69, 9.17) is 10.5 Å². The predicted octanol–water partition coefficient (Wildman–Crippen LogP) is 1.85. The van der Waals surface area contributed by atoms with Crippen LogP contribution in [0.2, 0.25) is 0 Å². The van der Waals surface area contributed by atoms with Crippen LogP contribution in [0, 0.1) is 5.92 Å². The van der Waals surface area contributed by atoms with Crippen molar-refractivity contribution in [2.24, 2.45) is 11.7 Å². The van der Waals surface area contributed by atoms with Crippen molar-refractivity contribution < 1.29 is 9.53 Å². The molecule has 1 fully saturated rings. The summed E-state index contributed by atoms with van der Waals surface area (Å²) in [7, 11) is 0. The molecule has 1 rings (SSSR count). The molecule has 3 heteroatoms. The molecule has 0 amide bonds. The highest BCUT2D eigenvalue weighted by atomic mass is 16.5. The molecule has 82 valence electrons. The SMILES string of the molecule is CC[C@H](N)C(=O)OCC1CCCCC1. The molecule has 3 nitrogen and oxygen atoms in total. The summed E-state index contributed by atoms with van der Waals surface area (Å²) in [5, 5.41) is 0. The lowest BCUT2D eigenvalue weighted by atomic mass is 9.90. The van der Waals surface area contributed by atoms with Gasteiger partial charge in [0.25, 0.3) is 0 Å². The lowest BCUT2D eigenvalue weighted by Gasteiger charge is -2.21. The van der Waals surface area contributed by atoms with Crippen molar-refractivity contribution in [3.63, 3.8) is 0 Å². The summed E-state index contributed by atoms with van der Waals surface area (Å²) in [6.07, 6.45) is 6.95. The highest BCUT2D eigenvalue weighted by Crippen LogP contribution is 2.23. The molecule has 0 aliphatic heterocycles. The van der Waals surface area contributed by atoms with Gasteiger partial charge in [-0.3, -0.25) is 4.79 Å². The molecule has 14 heavy (non-hydrogen) atoms. The van der Waals surface area contributed by atoms with Crippen LogP contribution in [-0.4, -0.2) is 18.6 Å². The summed E-state index contributed by atoms with van der Waals surface area (Å²) in [6.45, 7) is 2.47. The minimum absolute atomic E-state index is 0.238. The second-order valence-corrected chi connectivity index (χ2v) is 4.15. The van der Waals surface area contributed by atoms with Gasteiger partial charge in [-0.1, -0.05) is 26.2 Å². The van der Waals surface area contributed by atoms with Crippen LogP contribution in [0.25, 0.3) is 0 Å². The van der Waals surface area contributed by atoms with Crippen molar-refractivity contribution in [2.75, 3.05) is 6.61 Å². The maximum absolute atomic E-state index is 11.3. The predicted molar refractivity (Wildman–Crippen MR) is 55.8 cm³/mol. The average molecular weight is 199 g/mol. The zero-order valence-electron chi connectivity index (χ0n) is 9.00. The number of carbonyl (C=O) groups is 1. The van der Waals surface area contributed by atoms with E-state index in [0.717, 1.165) is 0 Å². The van der Waals surface area contributed by atoms with Crippen molar-refractivity contribution in [3.8, 4) is 0 Å². The number of hydrogen-bond acceptors (Lipinski definition) is 3. The normalized spacial score (nSPS) is 20.4. The minimum atomic E-state index is -0.432. The standard InChI is InChI=1S/C11H21NO2/c1-2-10(12)11(13)14-8-9-6-4-3-5-7-9/h9-10H,2-8,12H2,1H3/t10-/m0/s1. The average Bonchev–Trinajstić information content (AvgIpc) is 2.26. The van der Waals surface area contributed by atoms with E-state index in [-0.39, 0.29) is 5.97 Å². The number of hydrogen-bond donors (Lipinski definition) is 1. The second kappa shape index (κ2) is 6.02. The molecule has 1 aliphatic rings. The lowest BCUT2D eigenvalue weighted by molar-refractivity contribution is -0.147. The van der Waals surface area contributed by atoms with E-state index >= 15 is 0 Å². The van der Waals surface area contributed by atoms with E-state index < -0.39 is 6.04 Å². The molecular weight excluding hydrogens is 178 g/mol. The van der Waals surface area contributed by atoms with E-state index in [1.165, 1.54) is 32.1 Å². The largest absolute Gasteiger partial charge is 0.464 e. The van der Waals surface area contributed by atoms with Crippen molar-refractivity contribution in [1.82, 2.24) is 0 Å². The Morgan fingerprint density at radius 3 is 2.64 bits per heavy atom. The van der Waals surface area contributed by atoms with Crippen molar-refractivity contribution >= 4 is 5.97 Å². The van der Waals surface area contributed by atoms with E-state index in [9.17, 15) is 4.79 Å². The van der Waals surface area contributed by atoms with Gasteiger partial charge in [-0.25, -0.2) is 0 Å². The van der Waals surface area contributed by atoms with Gasteiger partial charge in [0.1, 0.15) is 6.04 Å². The number of esters is 1. The molecule has 0 spiro atoms. The fourth-order valence-corrected chi connectivity index (χ4v) is 1.83. The zero-order chi connectivity index (χ0) is 10.4. The Kier molecular flexibility index (Phi) is 4.94. The summed E-state index contributed by atoms with van der Waals surface area (Å²) in [5.74, 6) is 0.342. The van der Waals surface area contributed by atoms with Crippen LogP contribution in [0.1, 0.15) is 45.4 Å². The molecule has 0 radical (unpaired) electrons. The van der Waals surface area contributed by atoms with Gasteiger partial charge in [-0.05, 0) is 25.2 Å². The lowest BCUT2D eigenvalue weighted by Crippen LogP contribution is -2.32. The van der Waals surface area contributed by atoms with Gasteiger partial charge in [-0.15, -0.1) is 0 Å². The van der Waals surface area contributed by atoms with Crippen molar-refractivity contribution in [3.05, 3.63) is 0 Å². The van der Waals surface area contributed by atoms with E-state index in [1.807, 2.05) is 6.92 Å². The number of nitrogens with two attached hydrogens (primary N) is 1. The first-order chi connectivity index (χ1) is 6.74. The van der Waals surface area contributed by atoms with Gasteiger partial charge < -0.3 is 10.5 Å². The molecule has 0 saturated heterocycles. The molecule has 0 unspecified atom stereocenters. The van der Waals surface area contributed by atoms with Gasteiger partial charge >= 0.3 is 5.97 Å². The molecule has 1 atom stereocenters. The van der Waals surface area contributed by atoms with Crippen LogP contribution in [0.5, 0.6) is 0 Å². The Labute approximate surface area is 86.0 Å². The molecule has 1 saturated carbocycles. The van der Waals surface area contributed by atoms with Gasteiger partial charge in [0.2, 0.25) is 0 Å². The van der Waals surface area contributed by atoms with Crippen LogP contribution in [-0.2, 0) is 9.53 Å². The Morgan fingerprint density at radius 1 is 1.43 bits per heavy atom. The van der Waals surface area contributed by atoms with Gasteiger partial charge in [-0.2, -0.15) is 0 Å². The molecule has 2 N–H and O–H groups in total. The topological polar surface area (TPSA) is 52.3 Å². The Morgan fingerprint density at radius 2 is 2.07 bits per heavy atom. The smallest absolute Gasteiger partial charge is 0.322 e. The number of ether oxygens (including phenoxy) is 1. The number of rotatable bonds is 4. The molecule has 0 aromatic carbocycles. The molecule has 0 aromatic rings. The Hall–Kier alpha value is -0.570. The van der Waals surface area contributed by atoms with Crippen LogP contribution in [0.15, 0.2) is 0 Å². The molecule has 0 heterocycles. The summed E-state index contributed by atoms with van der Waals surface area (Å²) in [6, 6.07) is -0.432. The van der Waals surface area contributed by atoms with Crippen LogP contribution < -0.4 is 5.73 Å². The highest BCUT2D eigenvalue weighted by Gasteiger charge is 2.17. The summed E-state index contributed by atoms with van der Waals surface area (Å²) in [5.41, 5.74) is 5.56. The monoisotopic (exact) mass is 199 g/mol. The third-order valence-corrected chi connectivity index (χ3v) is 2.93. The minimum Gasteiger partial charge on any atom is -0.464 e. The quantitative estimate of drug-likeness (QED) is 0.703. The Balaban J connectivity index is 2.15. The van der Waals surface area contributed by atoms with Crippen molar-refractivity contribution in [1.29, 1.82) is 0 Å². The molecule has 0 bridgehead atoms. The first kappa shape index (κ1) is 11.5. The second-order valence-electron chi connectivity index (χ2n) is 4.15. The van der Waals surface area contributed by atoms with Gasteiger partial charge in [0, 0.05) is 0 Å². The summed E-state index contributed by atoms with van der Waals surface area (Å²) < 4.78 is 5.17. The van der Waals surface area contributed by atoms with Crippen molar-refractivity contribution in [2.45, 2.75) is 51.5 Å². The molecule has 0 aromatic heterocycles. The zero-order valence-corrected chi connectivity index (χ0v) is 9.00. The fraction of sp³-hybridized carbons (Fsp3) is 0.909. The summed E-state index contributed by atoms with van der Waals surface area (Å²) >= 11 is 0. The van der Waals surface area contributed by atoms with Crippen LogP contribution >= 0.6 is 0 Å². The molecular formula is C11H21NO2. The highest BCUT2D eigenvalue weighted by molar-refractivity contribution is 5.75. The number of carbonyl (C=O) groups excluding carboxylic acids is 1. The third kappa shape index (κ3) is 3.66. The first-order valence-electron chi connectivity index (χ1n) is 5.66. The van der Waals surface area contributed by atoms with Crippen LogP contribution in [0.3, 0.4) is 0 Å². The fourth-order valence-electron chi connectivity index (χ4n) is 1.83. The Bertz CT molecular complexity index is 176. The maximum atomic E-state index is 11.3. The van der Waals surface area contributed by atoms with Gasteiger partial charge in [0.15, 0.2) is 0 Å². The van der Waals surface area contributed by atoms with E-state index in [0.29, 0.717) is 18.9 Å². The summed E-state index contributed by atoms with van der Waals surface area (Å²) in [4.78, 5) is 11.3. The van der Waals surface area contributed by atoms with Crippen LogP contribution in [0.4, 0.5) is 0 Å². The molecule has 1 aliphatic carbocycles. The van der Waals surface area contributed by atoms with E-state index in [2.05, 4.69) is 0 Å². The maximum Gasteiger partial charge on any atom is 0.322 e.